The fraction of sp³-hybridized carbons (Fsp3) is 0.545. The molecule has 0 fully saturated rings. The maximum absolute atomic E-state index is 10.6. The summed E-state index contributed by atoms with van der Waals surface area (Å²) in [5.74, 6) is 0.611. The van der Waals surface area contributed by atoms with E-state index in [0.29, 0.717) is 10.4 Å². The third-order valence-corrected chi connectivity index (χ3v) is 3.80. The molecular formula is C11H14Br2N2O2. The van der Waals surface area contributed by atoms with Gasteiger partial charge < -0.3 is 0 Å². The molecule has 1 rings (SSSR count). The predicted molar refractivity (Wildman–Crippen MR) is 74.6 cm³/mol. The third-order valence-electron chi connectivity index (χ3n) is 2.59. The zero-order valence-electron chi connectivity index (χ0n) is 9.85. The molecule has 0 aliphatic carbocycles. The van der Waals surface area contributed by atoms with E-state index in [2.05, 4.69) is 57.6 Å². The summed E-state index contributed by atoms with van der Waals surface area (Å²) in [5.41, 5.74) is 0.861. The van der Waals surface area contributed by atoms with Crippen LogP contribution in [0.5, 0.6) is 0 Å². The van der Waals surface area contributed by atoms with Crippen LogP contribution in [-0.4, -0.2) is 14.7 Å². The zero-order valence-corrected chi connectivity index (χ0v) is 13.0. The number of alkyl halides is 1. The van der Waals surface area contributed by atoms with Gasteiger partial charge in [0.15, 0.2) is 0 Å². The molecule has 2 atom stereocenters. The smallest absolute Gasteiger partial charge is 0.258 e. The number of nitrogens with zero attached hydrogens (tertiary/aromatic N) is 2. The molecule has 94 valence electrons. The Labute approximate surface area is 117 Å². The molecule has 1 aromatic rings. The Morgan fingerprint density at radius 1 is 1.41 bits per heavy atom. The number of hydrogen-bond donors (Lipinski definition) is 0. The highest BCUT2D eigenvalue weighted by molar-refractivity contribution is 9.10. The molecule has 4 nitrogen and oxygen atoms in total. The van der Waals surface area contributed by atoms with Crippen LogP contribution in [-0.2, 0) is 0 Å². The van der Waals surface area contributed by atoms with E-state index >= 15 is 0 Å². The lowest BCUT2D eigenvalue weighted by Gasteiger charge is -2.23. The van der Waals surface area contributed by atoms with Gasteiger partial charge in [-0.05, 0) is 21.8 Å². The Kier molecular flexibility index (Phi) is 5.06. The van der Waals surface area contributed by atoms with E-state index in [9.17, 15) is 10.1 Å². The van der Waals surface area contributed by atoms with Gasteiger partial charge in [0.1, 0.15) is 6.20 Å². The van der Waals surface area contributed by atoms with Gasteiger partial charge in [0.2, 0.25) is 0 Å². The van der Waals surface area contributed by atoms with Crippen molar-refractivity contribution in [3.05, 3.63) is 32.5 Å². The Morgan fingerprint density at radius 3 is 2.35 bits per heavy atom. The second kappa shape index (κ2) is 5.91. The minimum atomic E-state index is -0.441. The molecule has 0 aliphatic heterocycles. The van der Waals surface area contributed by atoms with E-state index in [-0.39, 0.29) is 16.4 Å². The van der Waals surface area contributed by atoms with Gasteiger partial charge in [0.25, 0.3) is 5.69 Å². The summed E-state index contributed by atoms with van der Waals surface area (Å²) in [7, 11) is 0. The summed E-state index contributed by atoms with van der Waals surface area (Å²) in [4.78, 5) is 14.7. The van der Waals surface area contributed by atoms with Crippen molar-refractivity contribution in [1.29, 1.82) is 0 Å². The van der Waals surface area contributed by atoms with E-state index in [4.69, 9.17) is 0 Å². The number of aromatic nitrogens is 1. The lowest BCUT2D eigenvalue weighted by atomic mass is 9.89. The fourth-order valence-corrected chi connectivity index (χ4v) is 3.31. The molecular weight excluding hydrogens is 352 g/mol. The normalized spacial score (nSPS) is 14.7. The molecule has 1 aromatic heterocycles. The van der Waals surface area contributed by atoms with Crippen molar-refractivity contribution in [2.75, 3.05) is 0 Å². The van der Waals surface area contributed by atoms with Gasteiger partial charge in [-0.25, -0.2) is 0 Å². The van der Waals surface area contributed by atoms with Gasteiger partial charge in [-0.1, -0.05) is 36.7 Å². The van der Waals surface area contributed by atoms with Crippen LogP contribution in [0.4, 0.5) is 5.69 Å². The van der Waals surface area contributed by atoms with E-state index < -0.39 is 4.92 Å². The van der Waals surface area contributed by atoms with Crippen molar-refractivity contribution < 1.29 is 4.92 Å². The summed E-state index contributed by atoms with van der Waals surface area (Å²) in [5, 5.41) is 10.6. The monoisotopic (exact) mass is 364 g/mol. The second-order valence-electron chi connectivity index (χ2n) is 4.27. The number of nitro groups is 1. The quantitative estimate of drug-likeness (QED) is 0.454. The first-order valence-electron chi connectivity index (χ1n) is 5.28. The van der Waals surface area contributed by atoms with Crippen molar-refractivity contribution in [2.24, 2.45) is 5.92 Å². The van der Waals surface area contributed by atoms with Crippen LogP contribution in [0.2, 0.25) is 0 Å². The number of pyridine rings is 1. The van der Waals surface area contributed by atoms with Crippen LogP contribution in [0.1, 0.15) is 32.4 Å². The van der Waals surface area contributed by atoms with Gasteiger partial charge in [-0.15, -0.1) is 0 Å². The Bertz CT molecular complexity index is 414. The topological polar surface area (TPSA) is 56.0 Å². The zero-order chi connectivity index (χ0) is 13.2. The van der Waals surface area contributed by atoms with Gasteiger partial charge in [0, 0.05) is 21.3 Å². The minimum Gasteiger partial charge on any atom is -0.258 e. The van der Waals surface area contributed by atoms with Crippen LogP contribution in [0.15, 0.2) is 16.7 Å². The van der Waals surface area contributed by atoms with E-state index in [0.717, 1.165) is 5.69 Å². The molecule has 0 N–H and O–H groups in total. The summed E-state index contributed by atoms with van der Waals surface area (Å²) < 4.78 is 0.691. The molecule has 17 heavy (non-hydrogen) atoms. The maximum Gasteiger partial charge on any atom is 0.288 e. The fourth-order valence-electron chi connectivity index (χ4n) is 1.85. The van der Waals surface area contributed by atoms with Crippen molar-refractivity contribution >= 4 is 37.5 Å². The molecule has 6 heteroatoms. The molecule has 2 unspecified atom stereocenters. The molecule has 0 bridgehead atoms. The highest BCUT2D eigenvalue weighted by Gasteiger charge is 2.25. The number of rotatable bonds is 4. The number of hydrogen-bond acceptors (Lipinski definition) is 3. The lowest BCUT2D eigenvalue weighted by molar-refractivity contribution is -0.385. The molecule has 0 aliphatic rings. The molecule has 0 spiro atoms. The van der Waals surface area contributed by atoms with Gasteiger partial charge in [-0.3, -0.25) is 15.1 Å². The van der Waals surface area contributed by atoms with Crippen LogP contribution < -0.4 is 0 Å². The summed E-state index contributed by atoms with van der Waals surface area (Å²) >= 11 is 6.93. The summed E-state index contributed by atoms with van der Waals surface area (Å²) in [6.45, 7) is 6.27. The standard InChI is InChI=1S/C11H14Br2N2O2/c1-6(2)10(7(3)12)11-9(13)4-8(5-14-11)15(16)17/h4-7,10H,1-3H3. The average Bonchev–Trinajstić information content (AvgIpc) is 2.19. The summed E-state index contributed by atoms with van der Waals surface area (Å²) in [6, 6.07) is 1.51. The first-order valence-corrected chi connectivity index (χ1v) is 6.99. The van der Waals surface area contributed by atoms with Crippen LogP contribution >= 0.6 is 31.9 Å². The Balaban J connectivity index is 3.18. The van der Waals surface area contributed by atoms with E-state index in [1.807, 2.05) is 0 Å². The molecule has 0 amide bonds. The van der Waals surface area contributed by atoms with Crippen LogP contribution in [0.25, 0.3) is 0 Å². The maximum atomic E-state index is 10.6. The van der Waals surface area contributed by atoms with Crippen LogP contribution in [0, 0.1) is 16.0 Å². The van der Waals surface area contributed by atoms with E-state index in [1.165, 1.54) is 12.3 Å². The first-order chi connectivity index (χ1) is 7.84. The minimum absolute atomic E-state index is 0.00496. The van der Waals surface area contributed by atoms with Crippen molar-refractivity contribution in [2.45, 2.75) is 31.5 Å². The SMILES string of the molecule is CC(C)C(c1ncc([N+](=O)[O-])cc1Br)C(C)Br. The average molecular weight is 366 g/mol. The molecule has 0 saturated carbocycles. The van der Waals surface area contributed by atoms with Gasteiger partial charge in [0.05, 0.1) is 10.6 Å². The molecule has 0 radical (unpaired) electrons. The third kappa shape index (κ3) is 3.48. The van der Waals surface area contributed by atoms with Crippen molar-refractivity contribution in [1.82, 2.24) is 4.98 Å². The Hall–Kier alpha value is -0.490. The predicted octanol–water partition coefficient (Wildman–Crippen LogP) is 4.28. The summed E-state index contributed by atoms with van der Waals surface area (Å²) in [6.07, 6.45) is 1.31. The highest BCUT2D eigenvalue weighted by Crippen LogP contribution is 2.35. The van der Waals surface area contributed by atoms with Gasteiger partial charge >= 0.3 is 0 Å². The molecule has 0 saturated heterocycles. The molecule has 1 heterocycles. The van der Waals surface area contributed by atoms with Gasteiger partial charge in [-0.2, -0.15) is 0 Å². The molecule has 0 aromatic carbocycles. The largest absolute Gasteiger partial charge is 0.288 e. The lowest BCUT2D eigenvalue weighted by Crippen LogP contribution is -2.17. The van der Waals surface area contributed by atoms with Crippen molar-refractivity contribution in [3.63, 3.8) is 0 Å². The Morgan fingerprint density at radius 2 is 2.00 bits per heavy atom. The number of halogens is 2. The highest BCUT2D eigenvalue weighted by atomic mass is 79.9. The van der Waals surface area contributed by atoms with Crippen LogP contribution in [0.3, 0.4) is 0 Å². The van der Waals surface area contributed by atoms with Crippen molar-refractivity contribution in [3.8, 4) is 0 Å². The van der Waals surface area contributed by atoms with E-state index in [1.54, 1.807) is 0 Å². The first kappa shape index (κ1) is 14.6. The second-order valence-corrected chi connectivity index (χ2v) is 6.56.